The molecule has 1 atom stereocenters. The average molecular weight is 293 g/mol. The summed E-state index contributed by atoms with van der Waals surface area (Å²) in [6.07, 6.45) is 1.62. The molecule has 5 nitrogen and oxygen atoms in total. The van der Waals surface area contributed by atoms with Crippen LogP contribution in [0.25, 0.3) is 0 Å². The van der Waals surface area contributed by atoms with Crippen LogP contribution in [0, 0.1) is 0 Å². The van der Waals surface area contributed by atoms with Gasteiger partial charge in [0, 0.05) is 13.1 Å². The smallest absolute Gasteiger partial charge is 0.237 e. The Bertz CT molecular complexity index is 418. The normalized spacial score (nSPS) is 12.2. The van der Waals surface area contributed by atoms with Crippen LogP contribution in [0.3, 0.4) is 0 Å². The topological polar surface area (TPSA) is 67.6 Å². The summed E-state index contributed by atoms with van der Waals surface area (Å²) in [6.45, 7) is 4.05. The van der Waals surface area contributed by atoms with Crippen molar-refractivity contribution in [1.29, 1.82) is 0 Å². The molecule has 0 aliphatic heterocycles. The molecular weight excluding hydrogens is 266 g/mol. The zero-order valence-electron chi connectivity index (χ0n) is 13.3. The minimum atomic E-state index is -0.413. The number of likely N-dealkylation sites (N-methyl/N-ethyl adjacent to an activating group) is 1. The number of hydrogen-bond donors (Lipinski definition) is 2. The molecule has 1 aromatic carbocycles. The van der Waals surface area contributed by atoms with E-state index < -0.39 is 6.04 Å². The van der Waals surface area contributed by atoms with Crippen molar-refractivity contribution in [3.05, 3.63) is 29.8 Å². The SMILES string of the molecule is CCCC(N)C(=O)NCc1ccc(OCCN(C)C)cc1. The first kappa shape index (κ1) is 17.5. The first-order valence-corrected chi connectivity index (χ1v) is 7.42. The van der Waals surface area contributed by atoms with Crippen molar-refractivity contribution in [2.75, 3.05) is 27.2 Å². The van der Waals surface area contributed by atoms with Gasteiger partial charge >= 0.3 is 0 Å². The Morgan fingerprint density at radius 3 is 2.57 bits per heavy atom. The van der Waals surface area contributed by atoms with Crippen molar-refractivity contribution in [1.82, 2.24) is 10.2 Å². The first-order chi connectivity index (χ1) is 10.0. The van der Waals surface area contributed by atoms with Gasteiger partial charge in [-0.3, -0.25) is 4.79 Å². The highest BCUT2D eigenvalue weighted by atomic mass is 16.5. The molecule has 0 heterocycles. The van der Waals surface area contributed by atoms with Gasteiger partial charge < -0.3 is 20.7 Å². The summed E-state index contributed by atoms with van der Waals surface area (Å²) in [7, 11) is 4.02. The average Bonchev–Trinajstić information content (AvgIpc) is 2.46. The first-order valence-electron chi connectivity index (χ1n) is 7.42. The number of carbonyl (C=O) groups excluding carboxylic acids is 1. The second-order valence-corrected chi connectivity index (χ2v) is 5.41. The number of hydrogen-bond acceptors (Lipinski definition) is 4. The molecule has 0 radical (unpaired) electrons. The van der Waals surface area contributed by atoms with Gasteiger partial charge in [0.1, 0.15) is 12.4 Å². The molecule has 0 aliphatic carbocycles. The lowest BCUT2D eigenvalue weighted by Gasteiger charge is -2.12. The monoisotopic (exact) mass is 293 g/mol. The molecule has 1 amide bonds. The fourth-order valence-corrected chi connectivity index (χ4v) is 1.81. The van der Waals surface area contributed by atoms with E-state index in [9.17, 15) is 4.79 Å². The Kier molecular flexibility index (Phi) is 7.79. The zero-order valence-corrected chi connectivity index (χ0v) is 13.3. The molecular formula is C16H27N3O2. The van der Waals surface area contributed by atoms with Crippen molar-refractivity contribution in [2.45, 2.75) is 32.4 Å². The van der Waals surface area contributed by atoms with Gasteiger partial charge in [-0.25, -0.2) is 0 Å². The molecule has 0 fully saturated rings. The van der Waals surface area contributed by atoms with Crippen molar-refractivity contribution in [3.63, 3.8) is 0 Å². The molecule has 3 N–H and O–H groups in total. The van der Waals surface area contributed by atoms with Crippen LogP contribution in [0.15, 0.2) is 24.3 Å². The molecule has 0 saturated carbocycles. The molecule has 0 aromatic heterocycles. The van der Waals surface area contributed by atoms with Gasteiger partial charge in [0.2, 0.25) is 5.91 Å². The summed E-state index contributed by atoms with van der Waals surface area (Å²) in [4.78, 5) is 13.8. The molecule has 1 aromatic rings. The van der Waals surface area contributed by atoms with E-state index in [0.717, 1.165) is 24.3 Å². The molecule has 5 heteroatoms. The predicted molar refractivity (Wildman–Crippen MR) is 85.2 cm³/mol. The maximum atomic E-state index is 11.7. The third-order valence-corrected chi connectivity index (χ3v) is 3.13. The van der Waals surface area contributed by atoms with Crippen LogP contribution < -0.4 is 15.8 Å². The Balaban J connectivity index is 2.35. The van der Waals surface area contributed by atoms with Gasteiger partial charge in [0.25, 0.3) is 0 Å². The predicted octanol–water partition coefficient (Wildman–Crippen LogP) is 1.37. The van der Waals surface area contributed by atoms with Crippen LogP contribution in [0.4, 0.5) is 0 Å². The maximum Gasteiger partial charge on any atom is 0.237 e. The number of nitrogens with zero attached hydrogens (tertiary/aromatic N) is 1. The molecule has 1 rings (SSSR count). The molecule has 0 aliphatic rings. The highest BCUT2D eigenvalue weighted by Gasteiger charge is 2.11. The highest BCUT2D eigenvalue weighted by Crippen LogP contribution is 2.12. The summed E-state index contributed by atoms with van der Waals surface area (Å²) in [5.41, 5.74) is 6.79. The number of ether oxygens (including phenoxy) is 1. The second kappa shape index (κ2) is 9.37. The van der Waals surface area contributed by atoms with Crippen molar-refractivity contribution in [2.24, 2.45) is 5.73 Å². The van der Waals surface area contributed by atoms with Crippen LogP contribution in [0.5, 0.6) is 5.75 Å². The molecule has 118 valence electrons. The van der Waals surface area contributed by atoms with E-state index in [4.69, 9.17) is 10.5 Å². The van der Waals surface area contributed by atoms with E-state index in [2.05, 4.69) is 10.2 Å². The van der Waals surface area contributed by atoms with Crippen LogP contribution in [0.2, 0.25) is 0 Å². The summed E-state index contributed by atoms with van der Waals surface area (Å²) in [6, 6.07) is 7.34. The van der Waals surface area contributed by atoms with Gasteiger partial charge in [0.05, 0.1) is 6.04 Å². The summed E-state index contributed by atoms with van der Waals surface area (Å²) >= 11 is 0. The van der Waals surface area contributed by atoms with Crippen molar-refractivity contribution in [3.8, 4) is 5.75 Å². The lowest BCUT2D eigenvalue weighted by molar-refractivity contribution is -0.122. The Morgan fingerprint density at radius 2 is 2.00 bits per heavy atom. The van der Waals surface area contributed by atoms with Gasteiger partial charge in [-0.1, -0.05) is 25.5 Å². The Morgan fingerprint density at radius 1 is 1.33 bits per heavy atom. The van der Waals surface area contributed by atoms with Gasteiger partial charge in [0.15, 0.2) is 0 Å². The lowest BCUT2D eigenvalue weighted by Crippen LogP contribution is -2.40. The number of carbonyl (C=O) groups is 1. The van der Waals surface area contributed by atoms with Crippen LogP contribution in [0.1, 0.15) is 25.3 Å². The van der Waals surface area contributed by atoms with Gasteiger partial charge in [-0.05, 0) is 38.2 Å². The van der Waals surface area contributed by atoms with Crippen LogP contribution in [-0.2, 0) is 11.3 Å². The maximum absolute atomic E-state index is 11.7. The zero-order chi connectivity index (χ0) is 15.7. The van der Waals surface area contributed by atoms with Gasteiger partial charge in [-0.2, -0.15) is 0 Å². The fraction of sp³-hybridized carbons (Fsp3) is 0.562. The molecule has 0 bridgehead atoms. The van der Waals surface area contributed by atoms with E-state index in [1.54, 1.807) is 0 Å². The minimum absolute atomic E-state index is 0.0943. The number of nitrogens with two attached hydrogens (primary N) is 1. The largest absolute Gasteiger partial charge is 0.492 e. The van der Waals surface area contributed by atoms with E-state index in [1.165, 1.54) is 0 Å². The van der Waals surface area contributed by atoms with E-state index >= 15 is 0 Å². The molecule has 0 spiro atoms. The quantitative estimate of drug-likeness (QED) is 0.721. The Hall–Kier alpha value is -1.59. The molecule has 1 unspecified atom stereocenters. The molecule has 0 saturated heterocycles. The van der Waals surface area contributed by atoms with Crippen LogP contribution >= 0.6 is 0 Å². The van der Waals surface area contributed by atoms with E-state index in [-0.39, 0.29) is 5.91 Å². The second-order valence-electron chi connectivity index (χ2n) is 5.41. The Labute approximate surface area is 127 Å². The van der Waals surface area contributed by atoms with E-state index in [1.807, 2.05) is 45.3 Å². The van der Waals surface area contributed by atoms with E-state index in [0.29, 0.717) is 19.6 Å². The van der Waals surface area contributed by atoms with Gasteiger partial charge in [-0.15, -0.1) is 0 Å². The summed E-state index contributed by atoms with van der Waals surface area (Å²) < 4.78 is 5.62. The summed E-state index contributed by atoms with van der Waals surface area (Å²) in [5.74, 6) is 0.748. The number of rotatable bonds is 9. The third kappa shape index (κ3) is 7.11. The fourth-order valence-electron chi connectivity index (χ4n) is 1.81. The minimum Gasteiger partial charge on any atom is -0.492 e. The third-order valence-electron chi connectivity index (χ3n) is 3.13. The summed E-state index contributed by atoms with van der Waals surface area (Å²) in [5, 5.41) is 2.85. The standard InChI is InChI=1S/C16H27N3O2/c1-4-5-15(17)16(20)18-12-13-6-8-14(9-7-13)21-11-10-19(2)3/h6-9,15H,4-5,10-12,17H2,1-3H3,(H,18,20). The number of nitrogens with one attached hydrogen (secondary N) is 1. The lowest BCUT2D eigenvalue weighted by atomic mass is 10.1. The number of benzene rings is 1. The van der Waals surface area contributed by atoms with Crippen molar-refractivity contribution >= 4 is 5.91 Å². The van der Waals surface area contributed by atoms with Crippen molar-refractivity contribution < 1.29 is 9.53 Å². The van der Waals surface area contributed by atoms with Crippen LogP contribution in [-0.4, -0.2) is 44.1 Å². The molecule has 21 heavy (non-hydrogen) atoms. The highest BCUT2D eigenvalue weighted by molar-refractivity contribution is 5.81. The number of amides is 1.